The first kappa shape index (κ1) is 18.8. The van der Waals surface area contributed by atoms with Gasteiger partial charge in [-0.25, -0.2) is 13.9 Å². The van der Waals surface area contributed by atoms with E-state index in [1.807, 2.05) is 25.5 Å². The Morgan fingerprint density at radius 3 is 2.64 bits per heavy atom. The Balaban J connectivity index is 1.52. The zero-order chi connectivity index (χ0) is 20.1. The number of carbonyl (C=O) groups is 1. The van der Waals surface area contributed by atoms with E-state index in [-0.39, 0.29) is 17.8 Å². The van der Waals surface area contributed by atoms with Crippen molar-refractivity contribution in [2.75, 3.05) is 18.8 Å². The van der Waals surface area contributed by atoms with Crippen molar-refractivity contribution in [3.05, 3.63) is 41.0 Å². The normalized spacial score (nSPS) is 17.2. The van der Waals surface area contributed by atoms with Gasteiger partial charge in [-0.2, -0.15) is 5.10 Å². The van der Waals surface area contributed by atoms with Crippen LogP contribution in [0.25, 0.3) is 5.69 Å². The van der Waals surface area contributed by atoms with E-state index >= 15 is 0 Å². The topological polar surface area (TPSA) is 73.4 Å². The van der Waals surface area contributed by atoms with Crippen molar-refractivity contribution in [3.63, 3.8) is 0 Å². The number of nitrogens with zero attached hydrogens (tertiary/aromatic N) is 3. The molecule has 2 aliphatic rings. The summed E-state index contributed by atoms with van der Waals surface area (Å²) in [5.74, 6) is -0.0160. The number of halogens is 1. The third kappa shape index (κ3) is 3.45. The molecule has 2 aromatic rings. The number of amides is 1. The summed E-state index contributed by atoms with van der Waals surface area (Å²) in [7, 11) is 0. The zero-order valence-electron chi connectivity index (χ0n) is 16.7. The van der Waals surface area contributed by atoms with Crippen LogP contribution in [0.3, 0.4) is 0 Å². The number of hydrogen-bond donors (Lipinski definition) is 1. The molecule has 0 aliphatic carbocycles. The van der Waals surface area contributed by atoms with Crippen molar-refractivity contribution in [2.45, 2.75) is 58.0 Å². The fourth-order valence-corrected chi connectivity index (χ4v) is 4.10. The second-order valence-corrected chi connectivity index (χ2v) is 8.67. The number of carbonyl (C=O) groups excluding carboxylic acids is 1. The summed E-state index contributed by atoms with van der Waals surface area (Å²) in [6, 6.07) is 4.81. The Labute approximate surface area is 164 Å². The largest absolute Gasteiger partial charge is 0.444 e. The molecule has 7 heteroatoms. The van der Waals surface area contributed by atoms with Crippen molar-refractivity contribution in [1.29, 1.82) is 0 Å². The maximum atomic E-state index is 13.6. The number of aryl methyl sites for hydroxylation is 1. The highest BCUT2D eigenvalue weighted by Crippen LogP contribution is 2.37. The van der Waals surface area contributed by atoms with Gasteiger partial charge in [0.15, 0.2) is 0 Å². The highest BCUT2D eigenvalue weighted by Gasteiger charge is 2.32. The van der Waals surface area contributed by atoms with Crippen LogP contribution in [-0.4, -0.2) is 39.5 Å². The van der Waals surface area contributed by atoms with E-state index in [0.717, 1.165) is 54.0 Å². The monoisotopic (exact) mass is 386 g/mol. The zero-order valence-corrected chi connectivity index (χ0v) is 16.7. The maximum absolute atomic E-state index is 13.6. The van der Waals surface area contributed by atoms with Gasteiger partial charge in [-0.15, -0.1) is 0 Å². The smallest absolute Gasteiger partial charge is 0.410 e. The maximum Gasteiger partial charge on any atom is 0.410 e. The minimum atomic E-state index is -0.492. The summed E-state index contributed by atoms with van der Waals surface area (Å²) >= 11 is 0. The number of rotatable bonds is 1. The Kier molecular flexibility index (Phi) is 4.56. The molecule has 3 heterocycles. The average molecular weight is 386 g/mol. The average Bonchev–Trinajstić information content (AvgIpc) is 2.97. The quantitative estimate of drug-likeness (QED) is 0.809. The molecule has 150 valence electrons. The number of piperidine rings is 1. The summed E-state index contributed by atoms with van der Waals surface area (Å²) in [5, 5.41) is 4.81. The molecule has 2 N–H and O–H groups in total. The number of benzene rings is 1. The number of ether oxygens (including phenoxy) is 1. The summed E-state index contributed by atoms with van der Waals surface area (Å²) in [5.41, 5.74) is 10.5. The molecular weight excluding hydrogens is 359 g/mol. The van der Waals surface area contributed by atoms with Crippen LogP contribution in [0.5, 0.6) is 0 Å². The summed E-state index contributed by atoms with van der Waals surface area (Å²) in [4.78, 5) is 14.0. The van der Waals surface area contributed by atoms with E-state index in [4.69, 9.17) is 15.6 Å². The molecule has 4 rings (SSSR count). The fraction of sp³-hybridized carbons (Fsp3) is 0.524. The summed E-state index contributed by atoms with van der Waals surface area (Å²) in [6.45, 7) is 6.87. The second kappa shape index (κ2) is 6.79. The van der Waals surface area contributed by atoms with Gasteiger partial charge in [-0.3, -0.25) is 0 Å². The first-order chi connectivity index (χ1) is 13.2. The number of nitrogens with two attached hydrogens (primary N) is 1. The molecule has 0 spiro atoms. The van der Waals surface area contributed by atoms with Crippen LogP contribution in [0.4, 0.5) is 14.9 Å². The van der Waals surface area contributed by atoms with Gasteiger partial charge in [-0.05, 0) is 70.2 Å². The molecule has 2 aliphatic heterocycles. The van der Waals surface area contributed by atoms with Crippen LogP contribution in [0.15, 0.2) is 18.2 Å². The van der Waals surface area contributed by atoms with E-state index in [0.29, 0.717) is 13.1 Å². The lowest BCUT2D eigenvalue weighted by Crippen LogP contribution is -2.41. The van der Waals surface area contributed by atoms with Gasteiger partial charge >= 0.3 is 6.09 Å². The Morgan fingerprint density at radius 1 is 1.25 bits per heavy atom. The first-order valence-electron chi connectivity index (χ1n) is 9.87. The molecule has 28 heavy (non-hydrogen) atoms. The van der Waals surface area contributed by atoms with Gasteiger partial charge in [0.05, 0.1) is 22.8 Å². The number of aromatic nitrogens is 2. The van der Waals surface area contributed by atoms with Gasteiger partial charge in [0.2, 0.25) is 0 Å². The minimum Gasteiger partial charge on any atom is -0.444 e. The Hall–Kier alpha value is -2.57. The summed E-state index contributed by atoms with van der Waals surface area (Å²) < 4.78 is 20.9. The third-order valence-corrected chi connectivity index (χ3v) is 5.48. The van der Waals surface area contributed by atoms with Gasteiger partial charge in [0.1, 0.15) is 11.4 Å². The summed E-state index contributed by atoms with van der Waals surface area (Å²) in [6.07, 6.45) is 2.86. The van der Waals surface area contributed by atoms with Crippen molar-refractivity contribution in [3.8, 4) is 5.69 Å². The molecule has 0 atom stereocenters. The first-order valence-corrected chi connectivity index (χ1v) is 9.87. The van der Waals surface area contributed by atoms with Crippen molar-refractivity contribution < 1.29 is 13.9 Å². The highest BCUT2D eigenvalue weighted by atomic mass is 19.1. The molecule has 1 saturated heterocycles. The predicted octanol–water partition coefficient (Wildman–Crippen LogP) is 3.81. The van der Waals surface area contributed by atoms with E-state index < -0.39 is 5.60 Å². The van der Waals surface area contributed by atoms with E-state index in [1.165, 1.54) is 6.07 Å². The lowest BCUT2D eigenvalue weighted by molar-refractivity contribution is 0.0204. The van der Waals surface area contributed by atoms with E-state index in [1.54, 1.807) is 17.0 Å². The van der Waals surface area contributed by atoms with Crippen LogP contribution in [0.2, 0.25) is 0 Å². The fourth-order valence-electron chi connectivity index (χ4n) is 4.10. The van der Waals surface area contributed by atoms with Crippen LogP contribution < -0.4 is 5.73 Å². The molecule has 0 unspecified atom stereocenters. The van der Waals surface area contributed by atoms with Crippen LogP contribution in [0.1, 0.15) is 56.5 Å². The molecular formula is C21H27FN4O2. The number of nitrogen functional groups attached to an aromatic ring is 1. The van der Waals surface area contributed by atoms with Crippen molar-refractivity contribution in [1.82, 2.24) is 14.7 Å². The van der Waals surface area contributed by atoms with E-state index in [2.05, 4.69) is 0 Å². The lowest BCUT2D eigenvalue weighted by atomic mass is 9.92. The molecule has 1 aromatic heterocycles. The van der Waals surface area contributed by atoms with Gasteiger partial charge in [-0.1, -0.05) is 0 Å². The Bertz CT molecular complexity index is 908. The van der Waals surface area contributed by atoms with Gasteiger partial charge in [0, 0.05) is 19.0 Å². The van der Waals surface area contributed by atoms with Crippen molar-refractivity contribution >= 4 is 11.8 Å². The molecule has 0 saturated carbocycles. The second-order valence-electron chi connectivity index (χ2n) is 8.67. The number of hydrogen-bond acceptors (Lipinski definition) is 4. The van der Waals surface area contributed by atoms with E-state index in [9.17, 15) is 9.18 Å². The Morgan fingerprint density at radius 2 is 1.96 bits per heavy atom. The minimum absolute atomic E-state index is 0.209. The molecule has 0 radical (unpaired) electrons. The van der Waals surface area contributed by atoms with Crippen LogP contribution >= 0.6 is 0 Å². The van der Waals surface area contributed by atoms with Crippen molar-refractivity contribution in [2.24, 2.45) is 0 Å². The molecule has 1 amide bonds. The lowest BCUT2D eigenvalue weighted by Gasteiger charge is -2.33. The van der Waals surface area contributed by atoms with Gasteiger partial charge < -0.3 is 15.4 Å². The third-order valence-electron chi connectivity index (χ3n) is 5.48. The molecule has 0 bridgehead atoms. The van der Waals surface area contributed by atoms with Crippen LogP contribution in [-0.2, 0) is 17.6 Å². The SMILES string of the molecule is CC(C)(C)OC(=O)N1CCC(c2nn3c(c2N)CCc2cc(F)ccc2-3)CC1. The number of fused-ring (bicyclic) bond motifs is 3. The highest BCUT2D eigenvalue weighted by molar-refractivity contribution is 5.68. The predicted molar refractivity (Wildman–Crippen MR) is 105 cm³/mol. The molecule has 1 aromatic carbocycles. The number of likely N-dealkylation sites (tertiary alicyclic amines) is 1. The number of anilines is 1. The van der Waals surface area contributed by atoms with Gasteiger partial charge in [0.25, 0.3) is 0 Å². The van der Waals surface area contributed by atoms with Crippen LogP contribution in [0, 0.1) is 5.82 Å². The molecule has 6 nitrogen and oxygen atoms in total. The standard InChI is InChI=1S/C21H27FN4O2/c1-21(2,3)28-20(27)25-10-8-13(9-11-25)19-18(23)17-6-4-14-12-15(22)5-7-16(14)26(17)24-19/h5,7,12-13H,4,6,8-11,23H2,1-3H3. The molecule has 1 fully saturated rings.